The Morgan fingerprint density at radius 3 is 2.54 bits per heavy atom. The summed E-state index contributed by atoms with van der Waals surface area (Å²) in [5, 5.41) is 7.40. The first-order valence-electron chi connectivity index (χ1n) is 11.2. The van der Waals surface area contributed by atoms with E-state index in [0.717, 1.165) is 24.5 Å². The number of hydrogen-bond donors (Lipinski definition) is 2. The lowest BCUT2D eigenvalue weighted by molar-refractivity contribution is -0.131. The molecule has 2 N–H and O–H groups in total. The molecular weight excluding hydrogens is 392 g/mol. The number of alkyl halides is 1. The average molecular weight is 429 g/mol. The highest BCUT2D eigenvalue weighted by atomic mass is 35.5. The Balaban J connectivity index is 1.55. The number of amides is 2. The second kappa shape index (κ2) is 10.1. The number of carbonyl (C=O) groups excluding carboxylic acids is 2. The van der Waals surface area contributed by atoms with Crippen LogP contribution in [0.15, 0.2) is 0 Å². The van der Waals surface area contributed by atoms with Gasteiger partial charge < -0.3 is 10.6 Å². The number of thioether (sulfide) groups is 1. The van der Waals surface area contributed by atoms with E-state index in [0.29, 0.717) is 23.6 Å². The molecule has 0 spiro atoms. The summed E-state index contributed by atoms with van der Waals surface area (Å²) >= 11 is 8.68. The van der Waals surface area contributed by atoms with Crippen molar-refractivity contribution in [2.24, 2.45) is 23.7 Å². The Labute approximate surface area is 179 Å². The van der Waals surface area contributed by atoms with E-state index in [9.17, 15) is 9.59 Å². The molecule has 0 bridgehead atoms. The fourth-order valence-corrected chi connectivity index (χ4v) is 7.68. The van der Waals surface area contributed by atoms with Crippen molar-refractivity contribution in [1.82, 2.24) is 10.6 Å². The van der Waals surface area contributed by atoms with Crippen LogP contribution in [0.5, 0.6) is 0 Å². The van der Waals surface area contributed by atoms with Crippen LogP contribution in [0.25, 0.3) is 0 Å². The number of hydrogen-bond acceptors (Lipinski definition) is 3. The molecule has 1 aliphatic heterocycles. The monoisotopic (exact) mass is 428 g/mol. The number of carbonyl (C=O) groups is 2. The third kappa shape index (κ3) is 5.59. The van der Waals surface area contributed by atoms with Crippen LogP contribution >= 0.6 is 23.4 Å². The molecule has 7 atom stereocenters. The Kier molecular flexibility index (Phi) is 8.00. The summed E-state index contributed by atoms with van der Waals surface area (Å²) in [4.78, 5) is 25.3. The van der Waals surface area contributed by atoms with Crippen molar-refractivity contribution >= 4 is 35.2 Å². The zero-order chi connectivity index (χ0) is 20.3. The summed E-state index contributed by atoms with van der Waals surface area (Å²) in [6, 6.07) is 0.224. The van der Waals surface area contributed by atoms with Crippen molar-refractivity contribution in [1.29, 1.82) is 0 Å². The second-order valence-corrected chi connectivity index (χ2v) is 11.6. The van der Waals surface area contributed by atoms with Gasteiger partial charge >= 0.3 is 0 Å². The van der Waals surface area contributed by atoms with Crippen LogP contribution < -0.4 is 10.6 Å². The highest BCUT2D eigenvalue weighted by molar-refractivity contribution is 8.00. The third-order valence-corrected chi connectivity index (χ3v) is 9.29. The van der Waals surface area contributed by atoms with Gasteiger partial charge in [-0.15, -0.1) is 11.6 Å². The summed E-state index contributed by atoms with van der Waals surface area (Å²) in [6.07, 6.45) is 9.39. The molecule has 3 aliphatic rings. The van der Waals surface area contributed by atoms with E-state index in [2.05, 4.69) is 36.2 Å². The van der Waals surface area contributed by atoms with E-state index >= 15 is 0 Å². The van der Waals surface area contributed by atoms with Crippen molar-refractivity contribution in [3.05, 3.63) is 0 Å². The molecule has 0 aromatic rings. The predicted octanol–water partition coefficient (Wildman–Crippen LogP) is 4.35. The lowest BCUT2D eigenvalue weighted by Crippen LogP contribution is -2.51. The predicted molar refractivity (Wildman–Crippen MR) is 118 cm³/mol. The number of piperidine rings is 1. The first-order valence-corrected chi connectivity index (χ1v) is 12.6. The molecule has 2 aliphatic carbocycles. The minimum atomic E-state index is -0.127. The molecule has 1 heterocycles. The molecule has 7 unspecified atom stereocenters. The molecule has 6 heteroatoms. The fraction of sp³-hybridized carbons (Fsp3) is 0.909. The Bertz CT molecular complexity index is 555. The van der Waals surface area contributed by atoms with Crippen LogP contribution in [0.3, 0.4) is 0 Å². The first kappa shape index (κ1) is 22.3. The van der Waals surface area contributed by atoms with Gasteiger partial charge in [-0.25, -0.2) is 0 Å². The maximum Gasteiger partial charge on any atom is 0.225 e. The van der Waals surface area contributed by atoms with Crippen LogP contribution in [-0.2, 0) is 9.59 Å². The van der Waals surface area contributed by atoms with Gasteiger partial charge in [-0.1, -0.05) is 33.1 Å². The number of nitrogens with one attached hydrogen (secondary N) is 2. The molecule has 3 rings (SSSR count). The van der Waals surface area contributed by atoms with Gasteiger partial charge in [0, 0.05) is 34.4 Å². The van der Waals surface area contributed by atoms with Gasteiger partial charge in [0.25, 0.3) is 0 Å². The zero-order valence-corrected chi connectivity index (χ0v) is 19.2. The van der Waals surface area contributed by atoms with E-state index in [1.165, 1.54) is 32.1 Å². The SMILES string of the molecule is CC1CC(C)C(CNC(=O)C2CC(Cl)CC(SC3CCCCC3)C2C)C(=O)N1. The summed E-state index contributed by atoms with van der Waals surface area (Å²) in [7, 11) is 0. The van der Waals surface area contributed by atoms with E-state index in [1.807, 2.05) is 6.92 Å². The molecular formula is C22H37ClN2O2S. The molecule has 2 amide bonds. The zero-order valence-electron chi connectivity index (χ0n) is 17.6. The summed E-state index contributed by atoms with van der Waals surface area (Å²) in [5.41, 5.74) is 0. The molecule has 4 nitrogen and oxygen atoms in total. The van der Waals surface area contributed by atoms with Crippen LogP contribution in [0.2, 0.25) is 0 Å². The Morgan fingerprint density at radius 2 is 1.86 bits per heavy atom. The minimum absolute atomic E-state index is 0.0433. The smallest absolute Gasteiger partial charge is 0.225 e. The van der Waals surface area contributed by atoms with Crippen molar-refractivity contribution in [3.63, 3.8) is 0 Å². The number of rotatable bonds is 5. The van der Waals surface area contributed by atoms with Crippen LogP contribution in [0, 0.1) is 23.7 Å². The molecule has 2 saturated carbocycles. The third-order valence-electron chi connectivity index (χ3n) is 7.11. The maximum atomic E-state index is 13.0. The molecule has 3 fully saturated rings. The fourth-order valence-electron chi connectivity index (χ4n) is 5.31. The molecule has 1 saturated heterocycles. The van der Waals surface area contributed by atoms with E-state index in [4.69, 9.17) is 11.6 Å². The quantitative estimate of drug-likeness (QED) is 0.640. The minimum Gasteiger partial charge on any atom is -0.355 e. The van der Waals surface area contributed by atoms with Gasteiger partial charge in [-0.3, -0.25) is 9.59 Å². The van der Waals surface area contributed by atoms with Gasteiger partial charge in [0.2, 0.25) is 11.8 Å². The largest absolute Gasteiger partial charge is 0.355 e. The lowest BCUT2D eigenvalue weighted by Gasteiger charge is -2.40. The van der Waals surface area contributed by atoms with Gasteiger partial charge in [-0.05, 0) is 50.9 Å². The molecule has 0 aromatic heterocycles. The van der Waals surface area contributed by atoms with Crippen molar-refractivity contribution in [3.8, 4) is 0 Å². The van der Waals surface area contributed by atoms with Gasteiger partial charge in [0.05, 0.1) is 5.92 Å². The van der Waals surface area contributed by atoms with Crippen LogP contribution in [0.1, 0.15) is 72.1 Å². The standard InChI is InChI=1S/C22H37ClN2O2S/c1-13-9-14(2)25-22(27)19(13)12-24-21(26)18-10-16(23)11-20(15(18)3)28-17-7-5-4-6-8-17/h13-20H,4-12H2,1-3H3,(H,24,26)(H,25,27). The highest BCUT2D eigenvalue weighted by Crippen LogP contribution is 2.43. The van der Waals surface area contributed by atoms with Gasteiger partial charge in [-0.2, -0.15) is 11.8 Å². The summed E-state index contributed by atoms with van der Waals surface area (Å²) in [5.74, 6) is 0.620. The van der Waals surface area contributed by atoms with Gasteiger partial charge in [0.1, 0.15) is 0 Å². The van der Waals surface area contributed by atoms with E-state index in [1.54, 1.807) is 0 Å². The first-order chi connectivity index (χ1) is 13.3. The summed E-state index contributed by atoms with van der Waals surface area (Å²) in [6.45, 7) is 6.82. The Hall–Kier alpha value is -0.420. The lowest BCUT2D eigenvalue weighted by atomic mass is 9.78. The van der Waals surface area contributed by atoms with Crippen molar-refractivity contribution in [2.45, 2.75) is 94.1 Å². The van der Waals surface area contributed by atoms with Crippen LogP contribution in [-0.4, -0.2) is 40.3 Å². The van der Waals surface area contributed by atoms with Crippen LogP contribution in [0.4, 0.5) is 0 Å². The van der Waals surface area contributed by atoms with Gasteiger partial charge in [0.15, 0.2) is 0 Å². The topological polar surface area (TPSA) is 58.2 Å². The van der Waals surface area contributed by atoms with E-state index < -0.39 is 0 Å². The maximum absolute atomic E-state index is 13.0. The normalized spacial score (nSPS) is 40.0. The summed E-state index contributed by atoms with van der Waals surface area (Å²) < 4.78 is 0. The molecule has 160 valence electrons. The Morgan fingerprint density at radius 1 is 1.14 bits per heavy atom. The molecule has 28 heavy (non-hydrogen) atoms. The second-order valence-electron chi connectivity index (χ2n) is 9.44. The molecule has 0 radical (unpaired) electrons. The average Bonchev–Trinajstić information content (AvgIpc) is 2.64. The van der Waals surface area contributed by atoms with E-state index in [-0.39, 0.29) is 35.1 Å². The highest BCUT2D eigenvalue weighted by Gasteiger charge is 2.40. The van der Waals surface area contributed by atoms with Crippen molar-refractivity contribution < 1.29 is 9.59 Å². The molecule has 0 aromatic carbocycles. The van der Waals surface area contributed by atoms with Crippen molar-refractivity contribution in [2.75, 3.05) is 6.54 Å². The number of halogens is 1.